The van der Waals surface area contributed by atoms with Crippen LogP contribution in [0, 0.1) is 11.3 Å². The molecule has 0 radical (unpaired) electrons. The number of amides is 1. The summed E-state index contributed by atoms with van der Waals surface area (Å²) in [7, 11) is 0. The number of nitrogens with one attached hydrogen (secondary N) is 1. The first-order chi connectivity index (χ1) is 13.2. The highest BCUT2D eigenvalue weighted by atomic mass is 35.5. The molecule has 0 bridgehead atoms. The number of hydrogen-bond acceptors (Lipinski definition) is 5. The summed E-state index contributed by atoms with van der Waals surface area (Å²) < 4.78 is 0. The fourth-order valence-corrected chi connectivity index (χ4v) is 3.34. The van der Waals surface area contributed by atoms with E-state index >= 15 is 0 Å². The van der Waals surface area contributed by atoms with E-state index in [1.165, 1.54) is 11.8 Å². The summed E-state index contributed by atoms with van der Waals surface area (Å²) in [5.74, 6) is 0.0161. The van der Waals surface area contributed by atoms with Gasteiger partial charge in [-0.25, -0.2) is 4.98 Å². The van der Waals surface area contributed by atoms with E-state index in [0.29, 0.717) is 33.5 Å². The van der Waals surface area contributed by atoms with Crippen molar-refractivity contribution < 1.29 is 4.79 Å². The van der Waals surface area contributed by atoms with Crippen molar-refractivity contribution in [2.75, 3.05) is 5.75 Å². The number of pyridine rings is 2. The Morgan fingerprint density at radius 1 is 1.15 bits per heavy atom. The summed E-state index contributed by atoms with van der Waals surface area (Å²) in [6, 6.07) is 18.4. The zero-order valence-electron chi connectivity index (χ0n) is 14.2. The first-order valence-electron chi connectivity index (χ1n) is 8.12. The van der Waals surface area contributed by atoms with Gasteiger partial charge in [0.05, 0.1) is 22.7 Å². The average Bonchev–Trinajstić information content (AvgIpc) is 2.71. The molecule has 1 N–H and O–H groups in total. The zero-order chi connectivity index (χ0) is 19.1. The molecule has 0 aliphatic heterocycles. The van der Waals surface area contributed by atoms with Gasteiger partial charge in [-0.3, -0.25) is 9.78 Å². The summed E-state index contributed by atoms with van der Waals surface area (Å²) in [5, 5.41) is 13.3. The van der Waals surface area contributed by atoms with Crippen LogP contribution in [-0.2, 0) is 11.3 Å². The van der Waals surface area contributed by atoms with Crippen molar-refractivity contribution in [1.82, 2.24) is 15.3 Å². The average molecular weight is 395 g/mol. The SMILES string of the molecule is N#Cc1ccc(-c2ccccn2)nc1SCC(=O)NCc1cccc(Cl)c1. The normalized spacial score (nSPS) is 10.2. The number of aromatic nitrogens is 2. The molecule has 2 heterocycles. The molecular formula is C20H15ClN4OS. The first kappa shape index (κ1) is 18.9. The molecule has 134 valence electrons. The quantitative estimate of drug-likeness (QED) is 0.637. The summed E-state index contributed by atoms with van der Waals surface area (Å²) in [4.78, 5) is 20.9. The van der Waals surface area contributed by atoms with Crippen molar-refractivity contribution in [1.29, 1.82) is 5.26 Å². The lowest BCUT2D eigenvalue weighted by atomic mass is 10.2. The Morgan fingerprint density at radius 3 is 2.78 bits per heavy atom. The molecule has 0 aliphatic carbocycles. The largest absolute Gasteiger partial charge is 0.351 e. The van der Waals surface area contributed by atoms with Crippen LogP contribution in [0.4, 0.5) is 0 Å². The van der Waals surface area contributed by atoms with Crippen LogP contribution in [0.1, 0.15) is 11.1 Å². The number of thioether (sulfide) groups is 1. The Kier molecular flexibility index (Phi) is 6.42. The molecule has 0 spiro atoms. The van der Waals surface area contributed by atoms with Gasteiger partial charge < -0.3 is 5.32 Å². The van der Waals surface area contributed by atoms with Gasteiger partial charge in [-0.15, -0.1) is 0 Å². The van der Waals surface area contributed by atoms with Crippen LogP contribution in [0.2, 0.25) is 5.02 Å². The Balaban J connectivity index is 1.64. The fourth-order valence-electron chi connectivity index (χ4n) is 2.33. The van der Waals surface area contributed by atoms with Crippen LogP contribution in [0.3, 0.4) is 0 Å². The minimum Gasteiger partial charge on any atom is -0.351 e. The van der Waals surface area contributed by atoms with Crippen LogP contribution >= 0.6 is 23.4 Å². The highest BCUT2D eigenvalue weighted by molar-refractivity contribution is 8.00. The van der Waals surface area contributed by atoms with E-state index in [9.17, 15) is 10.1 Å². The number of rotatable bonds is 6. The third-order valence-electron chi connectivity index (χ3n) is 3.63. The minimum atomic E-state index is -0.145. The number of hydrogen-bond donors (Lipinski definition) is 1. The smallest absolute Gasteiger partial charge is 0.230 e. The molecule has 3 rings (SSSR count). The lowest BCUT2D eigenvalue weighted by molar-refractivity contribution is -0.118. The Labute approximate surface area is 166 Å². The van der Waals surface area contributed by atoms with Gasteiger partial charge in [-0.2, -0.15) is 5.26 Å². The van der Waals surface area contributed by atoms with Gasteiger partial charge in [-0.1, -0.05) is 41.6 Å². The topological polar surface area (TPSA) is 78.7 Å². The Bertz CT molecular complexity index is 989. The molecule has 3 aromatic rings. The van der Waals surface area contributed by atoms with Crippen molar-refractivity contribution in [2.24, 2.45) is 0 Å². The van der Waals surface area contributed by atoms with Crippen molar-refractivity contribution in [2.45, 2.75) is 11.6 Å². The molecule has 2 aromatic heterocycles. The van der Waals surface area contributed by atoms with E-state index in [2.05, 4.69) is 21.4 Å². The molecule has 0 saturated carbocycles. The lowest BCUT2D eigenvalue weighted by Gasteiger charge is -2.08. The molecule has 0 unspecified atom stereocenters. The molecular weight excluding hydrogens is 380 g/mol. The number of carbonyl (C=O) groups is 1. The van der Waals surface area contributed by atoms with Crippen molar-refractivity contribution in [3.05, 3.63) is 76.9 Å². The molecule has 27 heavy (non-hydrogen) atoms. The van der Waals surface area contributed by atoms with Crippen LogP contribution in [-0.4, -0.2) is 21.6 Å². The highest BCUT2D eigenvalue weighted by Crippen LogP contribution is 2.24. The van der Waals surface area contributed by atoms with Crippen LogP contribution in [0.25, 0.3) is 11.4 Å². The number of benzene rings is 1. The predicted molar refractivity (Wildman–Crippen MR) is 106 cm³/mol. The second kappa shape index (κ2) is 9.17. The van der Waals surface area contributed by atoms with Gasteiger partial charge >= 0.3 is 0 Å². The maximum atomic E-state index is 12.1. The highest BCUT2D eigenvalue weighted by Gasteiger charge is 2.11. The summed E-state index contributed by atoms with van der Waals surface area (Å²) in [6.07, 6.45) is 1.69. The molecule has 0 saturated heterocycles. The third-order valence-corrected chi connectivity index (χ3v) is 4.85. The first-order valence-corrected chi connectivity index (χ1v) is 9.48. The van der Waals surface area contributed by atoms with Gasteiger partial charge in [0.25, 0.3) is 0 Å². The van der Waals surface area contributed by atoms with Crippen molar-refractivity contribution >= 4 is 29.3 Å². The maximum Gasteiger partial charge on any atom is 0.230 e. The molecule has 0 aliphatic rings. The van der Waals surface area contributed by atoms with E-state index in [1.807, 2.05) is 30.3 Å². The summed E-state index contributed by atoms with van der Waals surface area (Å²) >= 11 is 7.17. The minimum absolute atomic E-state index is 0.145. The van der Waals surface area contributed by atoms with Crippen LogP contribution in [0.15, 0.2) is 65.8 Å². The van der Waals surface area contributed by atoms with Crippen LogP contribution in [0.5, 0.6) is 0 Å². The van der Waals surface area contributed by atoms with Crippen molar-refractivity contribution in [3.63, 3.8) is 0 Å². The lowest BCUT2D eigenvalue weighted by Crippen LogP contribution is -2.24. The molecule has 0 fully saturated rings. The van der Waals surface area contributed by atoms with Gasteiger partial charge in [-0.05, 0) is 42.0 Å². The molecule has 5 nitrogen and oxygen atoms in total. The standard InChI is InChI=1S/C20H15ClN4OS/c21-16-5-3-4-14(10-16)12-24-19(26)13-27-20-15(11-22)7-8-18(25-20)17-6-1-2-9-23-17/h1-10H,12-13H2,(H,24,26). The van der Waals surface area contributed by atoms with E-state index in [4.69, 9.17) is 11.6 Å². The molecule has 0 atom stereocenters. The van der Waals surface area contributed by atoms with Gasteiger partial charge in [0.2, 0.25) is 5.91 Å². The second-order valence-corrected chi connectivity index (χ2v) is 6.97. The Hall–Kier alpha value is -2.88. The van der Waals surface area contributed by atoms with Gasteiger partial charge in [0, 0.05) is 17.8 Å². The summed E-state index contributed by atoms with van der Waals surface area (Å²) in [5.41, 5.74) is 2.74. The predicted octanol–water partition coefficient (Wildman–Crippen LogP) is 4.08. The van der Waals surface area contributed by atoms with E-state index in [-0.39, 0.29) is 11.7 Å². The number of carbonyl (C=O) groups excluding carboxylic acids is 1. The third kappa shape index (κ3) is 5.30. The molecule has 1 aromatic carbocycles. The van der Waals surface area contributed by atoms with Gasteiger partial charge in [0.15, 0.2) is 0 Å². The Morgan fingerprint density at radius 2 is 2.04 bits per heavy atom. The number of nitrogens with zero attached hydrogens (tertiary/aromatic N) is 3. The monoisotopic (exact) mass is 394 g/mol. The van der Waals surface area contributed by atoms with Gasteiger partial charge in [0.1, 0.15) is 11.1 Å². The van der Waals surface area contributed by atoms with E-state index in [1.54, 1.807) is 30.5 Å². The van der Waals surface area contributed by atoms with E-state index < -0.39 is 0 Å². The summed E-state index contributed by atoms with van der Waals surface area (Å²) in [6.45, 7) is 0.395. The number of halogens is 1. The van der Waals surface area contributed by atoms with Crippen molar-refractivity contribution in [3.8, 4) is 17.5 Å². The zero-order valence-corrected chi connectivity index (χ0v) is 15.8. The number of nitriles is 1. The molecule has 1 amide bonds. The second-order valence-electron chi connectivity index (χ2n) is 5.57. The fraction of sp³-hybridized carbons (Fsp3) is 0.100. The van der Waals surface area contributed by atoms with E-state index in [0.717, 1.165) is 5.56 Å². The van der Waals surface area contributed by atoms with Crippen LogP contribution < -0.4 is 5.32 Å². The molecule has 7 heteroatoms. The maximum absolute atomic E-state index is 12.1.